The van der Waals surface area contributed by atoms with Gasteiger partial charge in [-0.25, -0.2) is 4.98 Å². The van der Waals surface area contributed by atoms with Crippen molar-refractivity contribution < 1.29 is 0 Å². The van der Waals surface area contributed by atoms with Crippen LogP contribution in [0.2, 0.25) is 0 Å². The molecule has 0 saturated heterocycles. The van der Waals surface area contributed by atoms with Gasteiger partial charge in [0.15, 0.2) is 11.0 Å². The molecule has 1 fully saturated rings. The van der Waals surface area contributed by atoms with Crippen molar-refractivity contribution in [2.24, 2.45) is 0 Å². The molecule has 1 aromatic carbocycles. The normalized spacial score (nSPS) is 18.0. The standard InChI is InChI=1S/C12H13N3S/c13-11-14-10(15-16-11)12(7-4-8-12)9-5-2-1-3-6-9/h1-3,5-6H,4,7-8H2,(H2,13,14,15). The van der Waals surface area contributed by atoms with Gasteiger partial charge in [0.05, 0.1) is 5.41 Å². The monoisotopic (exact) mass is 231 g/mol. The van der Waals surface area contributed by atoms with Gasteiger partial charge in [0.1, 0.15) is 0 Å². The quantitative estimate of drug-likeness (QED) is 0.864. The Hall–Kier alpha value is -1.42. The van der Waals surface area contributed by atoms with E-state index < -0.39 is 0 Å². The fourth-order valence-corrected chi connectivity index (χ4v) is 2.88. The summed E-state index contributed by atoms with van der Waals surface area (Å²) < 4.78 is 4.39. The van der Waals surface area contributed by atoms with Crippen molar-refractivity contribution in [1.29, 1.82) is 0 Å². The molecule has 3 rings (SSSR count). The van der Waals surface area contributed by atoms with Crippen LogP contribution in [0.25, 0.3) is 0 Å². The Bertz CT molecular complexity index is 488. The molecule has 0 amide bonds. The Morgan fingerprint density at radius 2 is 1.94 bits per heavy atom. The molecule has 0 spiro atoms. The van der Waals surface area contributed by atoms with E-state index >= 15 is 0 Å². The van der Waals surface area contributed by atoms with Crippen molar-refractivity contribution >= 4 is 16.7 Å². The lowest BCUT2D eigenvalue weighted by Gasteiger charge is -2.39. The second-order valence-corrected chi connectivity index (χ2v) is 5.04. The van der Waals surface area contributed by atoms with Gasteiger partial charge in [0.25, 0.3) is 0 Å². The number of nitrogens with two attached hydrogens (primary N) is 1. The molecule has 1 heterocycles. The van der Waals surface area contributed by atoms with E-state index in [1.807, 2.05) is 6.07 Å². The summed E-state index contributed by atoms with van der Waals surface area (Å²) in [5.41, 5.74) is 7.03. The van der Waals surface area contributed by atoms with Crippen molar-refractivity contribution in [2.75, 3.05) is 5.73 Å². The summed E-state index contributed by atoms with van der Waals surface area (Å²) in [7, 11) is 0. The number of aromatic nitrogens is 2. The van der Waals surface area contributed by atoms with Crippen molar-refractivity contribution in [1.82, 2.24) is 9.36 Å². The zero-order valence-corrected chi connectivity index (χ0v) is 9.70. The summed E-state index contributed by atoms with van der Waals surface area (Å²) in [6.07, 6.45) is 3.51. The molecule has 82 valence electrons. The predicted octanol–water partition coefficient (Wildman–Crippen LogP) is 2.59. The highest BCUT2D eigenvalue weighted by molar-refractivity contribution is 7.09. The molecule has 16 heavy (non-hydrogen) atoms. The summed E-state index contributed by atoms with van der Waals surface area (Å²) in [4.78, 5) is 4.37. The van der Waals surface area contributed by atoms with Gasteiger partial charge < -0.3 is 5.73 Å². The third-order valence-corrected chi connectivity index (χ3v) is 3.95. The molecule has 3 nitrogen and oxygen atoms in total. The Balaban J connectivity index is 2.07. The first-order valence-electron chi connectivity index (χ1n) is 5.46. The van der Waals surface area contributed by atoms with Crippen molar-refractivity contribution in [3.05, 3.63) is 41.7 Å². The first-order chi connectivity index (χ1) is 7.81. The minimum absolute atomic E-state index is 0.0371. The van der Waals surface area contributed by atoms with Crippen LogP contribution in [0.5, 0.6) is 0 Å². The van der Waals surface area contributed by atoms with Crippen LogP contribution < -0.4 is 5.73 Å². The molecule has 0 aliphatic heterocycles. The summed E-state index contributed by atoms with van der Waals surface area (Å²) in [6, 6.07) is 10.5. The fraction of sp³-hybridized carbons (Fsp3) is 0.333. The highest BCUT2D eigenvalue weighted by Crippen LogP contribution is 2.48. The molecule has 2 aromatic rings. The molecular weight excluding hydrogens is 218 g/mol. The summed E-state index contributed by atoms with van der Waals surface area (Å²) in [5.74, 6) is 0.910. The number of nitrogens with zero attached hydrogens (tertiary/aromatic N) is 2. The van der Waals surface area contributed by atoms with Crippen LogP contribution in [0.4, 0.5) is 5.13 Å². The van der Waals surface area contributed by atoms with E-state index in [2.05, 4.69) is 33.6 Å². The van der Waals surface area contributed by atoms with Crippen LogP contribution in [-0.2, 0) is 5.41 Å². The van der Waals surface area contributed by atoms with Gasteiger partial charge in [0.2, 0.25) is 0 Å². The van der Waals surface area contributed by atoms with Crippen molar-refractivity contribution in [3.63, 3.8) is 0 Å². The second kappa shape index (κ2) is 3.56. The van der Waals surface area contributed by atoms with Gasteiger partial charge in [-0.3, -0.25) is 0 Å². The third kappa shape index (κ3) is 1.33. The number of rotatable bonds is 2. The number of anilines is 1. The third-order valence-electron chi connectivity index (χ3n) is 3.40. The maximum Gasteiger partial charge on any atom is 0.199 e. The van der Waals surface area contributed by atoms with Gasteiger partial charge in [-0.05, 0) is 18.4 Å². The number of benzene rings is 1. The molecule has 0 bridgehead atoms. The van der Waals surface area contributed by atoms with Gasteiger partial charge in [0, 0.05) is 11.5 Å². The van der Waals surface area contributed by atoms with E-state index in [4.69, 9.17) is 5.73 Å². The topological polar surface area (TPSA) is 51.8 Å². The van der Waals surface area contributed by atoms with Crippen molar-refractivity contribution in [3.8, 4) is 0 Å². The summed E-state index contributed by atoms with van der Waals surface area (Å²) >= 11 is 1.29. The molecule has 1 aliphatic rings. The van der Waals surface area contributed by atoms with Crippen LogP contribution in [0.3, 0.4) is 0 Å². The van der Waals surface area contributed by atoms with E-state index in [9.17, 15) is 0 Å². The maximum absolute atomic E-state index is 5.68. The molecule has 1 aromatic heterocycles. The average molecular weight is 231 g/mol. The first-order valence-corrected chi connectivity index (χ1v) is 6.24. The first kappa shape index (κ1) is 9.78. The lowest BCUT2D eigenvalue weighted by atomic mass is 9.64. The molecule has 2 N–H and O–H groups in total. The van der Waals surface area contributed by atoms with E-state index in [1.54, 1.807) is 0 Å². The number of hydrogen-bond acceptors (Lipinski definition) is 4. The smallest absolute Gasteiger partial charge is 0.199 e. The fourth-order valence-electron chi connectivity index (χ4n) is 2.36. The number of nitrogen functional groups attached to an aromatic ring is 1. The lowest BCUT2D eigenvalue weighted by molar-refractivity contribution is 0.288. The average Bonchev–Trinajstić information content (AvgIpc) is 2.65. The van der Waals surface area contributed by atoms with Crippen LogP contribution in [-0.4, -0.2) is 9.36 Å². The van der Waals surface area contributed by atoms with E-state index in [1.165, 1.54) is 23.5 Å². The predicted molar refractivity (Wildman–Crippen MR) is 65.4 cm³/mol. The molecule has 0 radical (unpaired) electrons. The van der Waals surface area contributed by atoms with Crippen molar-refractivity contribution in [2.45, 2.75) is 24.7 Å². The Morgan fingerprint density at radius 1 is 1.19 bits per heavy atom. The van der Waals surface area contributed by atoms with Gasteiger partial charge in [-0.1, -0.05) is 36.8 Å². The number of hydrogen-bond donors (Lipinski definition) is 1. The molecule has 1 saturated carbocycles. The largest absolute Gasteiger partial charge is 0.374 e. The highest BCUT2D eigenvalue weighted by Gasteiger charge is 2.43. The molecule has 0 atom stereocenters. The SMILES string of the molecule is Nc1nc(C2(c3ccccc3)CCC2)ns1. The summed E-state index contributed by atoms with van der Waals surface area (Å²) in [5, 5.41) is 0.567. The Morgan fingerprint density at radius 3 is 2.44 bits per heavy atom. The second-order valence-electron chi connectivity index (χ2n) is 4.26. The highest BCUT2D eigenvalue weighted by atomic mass is 32.1. The molecule has 1 aliphatic carbocycles. The van der Waals surface area contributed by atoms with Crippen LogP contribution in [0, 0.1) is 0 Å². The Labute approximate surface area is 98.5 Å². The van der Waals surface area contributed by atoms with Crippen LogP contribution >= 0.6 is 11.5 Å². The zero-order chi connectivity index (χ0) is 11.0. The van der Waals surface area contributed by atoms with E-state index in [0.717, 1.165) is 18.7 Å². The van der Waals surface area contributed by atoms with Gasteiger partial charge in [-0.15, -0.1) is 0 Å². The minimum Gasteiger partial charge on any atom is -0.374 e. The summed E-state index contributed by atoms with van der Waals surface area (Å²) in [6.45, 7) is 0. The maximum atomic E-state index is 5.68. The van der Waals surface area contributed by atoms with Gasteiger partial charge >= 0.3 is 0 Å². The van der Waals surface area contributed by atoms with E-state index in [0.29, 0.717) is 5.13 Å². The zero-order valence-electron chi connectivity index (χ0n) is 8.89. The van der Waals surface area contributed by atoms with Crippen LogP contribution in [0.15, 0.2) is 30.3 Å². The molecule has 0 unspecified atom stereocenters. The van der Waals surface area contributed by atoms with Crippen LogP contribution in [0.1, 0.15) is 30.7 Å². The van der Waals surface area contributed by atoms with Gasteiger partial charge in [-0.2, -0.15) is 4.37 Å². The van der Waals surface area contributed by atoms with E-state index in [-0.39, 0.29) is 5.41 Å². The Kier molecular flexibility index (Phi) is 2.17. The molecule has 4 heteroatoms. The minimum atomic E-state index is 0.0371. The lowest BCUT2D eigenvalue weighted by Crippen LogP contribution is -2.36. The molecular formula is C12H13N3S.